The van der Waals surface area contributed by atoms with Gasteiger partial charge >= 0.3 is 11.8 Å². The number of nitrogens with zero attached hydrogens (tertiary/aromatic N) is 1. The molecule has 0 heterocycles. The number of halogens is 1. The number of aliphatic hydroxyl groups is 1. The van der Waals surface area contributed by atoms with E-state index in [9.17, 15) is 19.1 Å². The monoisotopic (exact) mass is 296 g/mol. The van der Waals surface area contributed by atoms with Crippen molar-refractivity contribution in [3.05, 3.63) is 35.6 Å². The molecule has 0 aromatic heterocycles. The molecule has 1 aromatic carbocycles. The zero-order chi connectivity index (χ0) is 16.0. The van der Waals surface area contributed by atoms with Crippen LogP contribution in [0.4, 0.5) is 4.39 Å². The fourth-order valence-electron chi connectivity index (χ4n) is 1.80. The number of carbonyl (C=O) groups is 2. The van der Waals surface area contributed by atoms with Gasteiger partial charge in [0.15, 0.2) is 0 Å². The molecule has 0 spiro atoms. The normalized spacial score (nSPS) is 11.1. The Labute approximate surface area is 123 Å². The molecule has 1 rings (SSSR count). The average molecular weight is 296 g/mol. The third-order valence-electron chi connectivity index (χ3n) is 2.81. The molecule has 21 heavy (non-hydrogen) atoms. The Morgan fingerprint density at radius 1 is 1.29 bits per heavy atom. The number of amides is 2. The van der Waals surface area contributed by atoms with Crippen LogP contribution in [0.2, 0.25) is 0 Å². The van der Waals surface area contributed by atoms with Gasteiger partial charge in [-0.15, -0.1) is 0 Å². The molecule has 0 saturated carbocycles. The van der Waals surface area contributed by atoms with E-state index < -0.39 is 17.4 Å². The Hall–Kier alpha value is -1.95. The third kappa shape index (κ3) is 5.91. The van der Waals surface area contributed by atoms with Crippen molar-refractivity contribution in [2.75, 3.05) is 13.1 Å². The molecule has 116 valence electrons. The van der Waals surface area contributed by atoms with Crippen molar-refractivity contribution in [3.8, 4) is 0 Å². The quantitative estimate of drug-likeness (QED) is 0.798. The lowest BCUT2D eigenvalue weighted by molar-refractivity contribution is -0.147. The molecule has 2 N–H and O–H groups in total. The van der Waals surface area contributed by atoms with Crippen molar-refractivity contribution in [2.24, 2.45) is 0 Å². The SMILES string of the molecule is CCN(CC(C)(C)O)C(=O)C(=O)NCc1ccc(F)cc1. The van der Waals surface area contributed by atoms with E-state index in [4.69, 9.17) is 0 Å². The van der Waals surface area contributed by atoms with Gasteiger partial charge in [0, 0.05) is 19.6 Å². The van der Waals surface area contributed by atoms with Crippen molar-refractivity contribution in [2.45, 2.75) is 32.9 Å². The summed E-state index contributed by atoms with van der Waals surface area (Å²) < 4.78 is 12.8. The Morgan fingerprint density at radius 3 is 2.33 bits per heavy atom. The van der Waals surface area contributed by atoms with E-state index in [0.717, 1.165) is 0 Å². The molecule has 0 aliphatic carbocycles. The van der Waals surface area contributed by atoms with E-state index in [1.165, 1.54) is 29.2 Å². The van der Waals surface area contributed by atoms with E-state index in [1.807, 2.05) is 0 Å². The largest absolute Gasteiger partial charge is 0.389 e. The molecule has 2 amide bonds. The number of hydrogen-bond donors (Lipinski definition) is 2. The van der Waals surface area contributed by atoms with Gasteiger partial charge in [0.05, 0.1) is 5.60 Å². The van der Waals surface area contributed by atoms with Crippen LogP contribution in [0.3, 0.4) is 0 Å². The number of carbonyl (C=O) groups excluding carboxylic acids is 2. The van der Waals surface area contributed by atoms with Crippen LogP contribution >= 0.6 is 0 Å². The number of nitrogens with one attached hydrogen (secondary N) is 1. The summed E-state index contributed by atoms with van der Waals surface area (Å²) in [5.74, 6) is -1.80. The fraction of sp³-hybridized carbons (Fsp3) is 0.467. The maximum absolute atomic E-state index is 12.8. The second kappa shape index (κ2) is 7.17. The zero-order valence-electron chi connectivity index (χ0n) is 12.5. The highest BCUT2D eigenvalue weighted by Gasteiger charge is 2.25. The first-order valence-corrected chi connectivity index (χ1v) is 6.77. The first-order chi connectivity index (χ1) is 9.73. The van der Waals surface area contributed by atoms with Gasteiger partial charge in [0.25, 0.3) is 0 Å². The van der Waals surface area contributed by atoms with Crippen LogP contribution in [0.5, 0.6) is 0 Å². The summed E-state index contributed by atoms with van der Waals surface area (Å²) in [6.07, 6.45) is 0. The van der Waals surface area contributed by atoms with Crippen molar-refractivity contribution in [1.29, 1.82) is 0 Å². The van der Waals surface area contributed by atoms with Gasteiger partial charge in [-0.25, -0.2) is 4.39 Å². The molecule has 0 unspecified atom stereocenters. The Kier molecular flexibility index (Phi) is 5.84. The highest BCUT2D eigenvalue weighted by Crippen LogP contribution is 2.06. The number of benzene rings is 1. The van der Waals surface area contributed by atoms with Crippen LogP contribution in [0.15, 0.2) is 24.3 Å². The predicted octanol–water partition coefficient (Wildman–Crippen LogP) is 1.06. The van der Waals surface area contributed by atoms with E-state index in [0.29, 0.717) is 12.1 Å². The topological polar surface area (TPSA) is 69.6 Å². The van der Waals surface area contributed by atoms with Gasteiger partial charge in [0.2, 0.25) is 0 Å². The first kappa shape index (κ1) is 17.1. The summed E-state index contributed by atoms with van der Waals surface area (Å²) in [4.78, 5) is 25.1. The molecule has 6 heteroatoms. The molecule has 5 nitrogen and oxygen atoms in total. The Balaban J connectivity index is 2.57. The molecule has 1 aromatic rings. The summed E-state index contributed by atoms with van der Waals surface area (Å²) in [6.45, 7) is 5.42. The van der Waals surface area contributed by atoms with Gasteiger partial charge in [0.1, 0.15) is 5.82 Å². The standard InChI is InChI=1S/C15H21FN2O3/c1-4-18(10-15(2,3)21)14(20)13(19)17-9-11-5-7-12(16)8-6-11/h5-8,21H,4,9-10H2,1-3H3,(H,17,19). The number of rotatable bonds is 5. The number of likely N-dealkylation sites (N-methyl/N-ethyl adjacent to an activating group) is 1. The van der Waals surface area contributed by atoms with Gasteiger partial charge in [-0.3, -0.25) is 9.59 Å². The molecule has 0 radical (unpaired) electrons. The molecular formula is C15H21FN2O3. The minimum absolute atomic E-state index is 0.0757. The lowest BCUT2D eigenvalue weighted by Crippen LogP contribution is -2.48. The molecule has 0 saturated heterocycles. The van der Waals surface area contributed by atoms with Gasteiger partial charge < -0.3 is 15.3 Å². The molecule has 0 aliphatic heterocycles. The number of hydrogen-bond acceptors (Lipinski definition) is 3. The maximum atomic E-state index is 12.8. The van der Waals surface area contributed by atoms with Crippen LogP contribution < -0.4 is 5.32 Å². The molecule has 0 atom stereocenters. The maximum Gasteiger partial charge on any atom is 0.311 e. The predicted molar refractivity (Wildman–Crippen MR) is 76.8 cm³/mol. The summed E-state index contributed by atoms with van der Waals surface area (Å²) >= 11 is 0. The van der Waals surface area contributed by atoms with Crippen molar-refractivity contribution in [1.82, 2.24) is 10.2 Å². The highest BCUT2D eigenvalue weighted by atomic mass is 19.1. The van der Waals surface area contributed by atoms with Crippen LogP contribution in [0, 0.1) is 5.82 Å². The average Bonchev–Trinajstić information content (AvgIpc) is 2.42. The fourth-order valence-corrected chi connectivity index (χ4v) is 1.80. The molecule has 0 fully saturated rings. The lowest BCUT2D eigenvalue weighted by Gasteiger charge is -2.27. The lowest BCUT2D eigenvalue weighted by atomic mass is 10.1. The van der Waals surface area contributed by atoms with Crippen molar-refractivity contribution in [3.63, 3.8) is 0 Å². The van der Waals surface area contributed by atoms with Crippen molar-refractivity contribution >= 4 is 11.8 Å². The molecule has 0 aliphatic rings. The second-order valence-corrected chi connectivity index (χ2v) is 5.44. The molecular weight excluding hydrogens is 275 g/mol. The van der Waals surface area contributed by atoms with Crippen molar-refractivity contribution < 1.29 is 19.1 Å². The van der Waals surface area contributed by atoms with E-state index in [2.05, 4.69) is 5.32 Å². The van der Waals surface area contributed by atoms with Gasteiger partial charge in [-0.05, 0) is 38.5 Å². The third-order valence-corrected chi connectivity index (χ3v) is 2.81. The zero-order valence-corrected chi connectivity index (χ0v) is 12.5. The Bertz CT molecular complexity index is 495. The first-order valence-electron chi connectivity index (χ1n) is 6.77. The smallest absolute Gasteiger partial charge is 0.311 e. The highest BCUT2D eigenvalue weighted by molar-refractivity contribution is 6.34. The van der Waals surface area contributed by atoms with E-state index in [-0.39, 0.29) is 18.9 Å². The van der Waals surface area contributed by atoms with Crippen LogP contribution in [-0.2, 0) is 16.1 Å². The second-order valence-electron chi connectivity index (χ2n) is 5.44. The van der Waals surface area contributed by atoms with E-state index in [1.54, 1.807) is 20.8 Å². The van der Waals surface area contributed by atoms with Gasteiger partial charge in [-0.1, -0.05) is 12.1 Å². The Morgan fingerprint density at radius 2 is 1.86 bits per heavy atom. The summed E-state index contributed by atoms with van der Waals surface area (Å²) in [5.41, 5.74) is -0.369. The molecule has 0 bridgehead atoms. The van der Waals surface area contributed by atoms with Crippen LogP contribution in [0.25, 0.3) is 0 Å². The summed E-state index contributed by atoms with van der Waals surface area (Å²) in [7, 11) is 0. The van der Waals surface area contributed by atoms with Crippen LogP contribution in [0.1, 0.15) is 26.3 Å². The summed E-state index contributed by atoms with van der Waals surface area (Å²) in [5, 5.41) is 12.2. The van der Waals surface area contributed by atoms with Crippen LogP contribution in [-0.4, -0.2) is 40.5 Å². The van der Waals surface area contributed by atoms with Gasteiger partial charge in [-0.2, -0.15) is 0 Å². The minimum atomic E-state index is -1.07. The summed E-state index contributed by atoms with van der Waals surface area (Å²) in [6, 6.07) is 5.65. The van der Waals surface area contributed by atoms with E-state index >= 15 is 0 Å². The minimum Gasteiger partial charge on any atom is -0.389 e.